The molecule has 0 radical (unpaired) electrons. The van der Waals surface area contributed by atoms with Gasteiger partial charge in [0.2, 0.25) is 0 Å². The zero-order valence-electron chi connectivity index (χ0n) is 14.5. The smallest absolute Gasteiger partial charge is 0.336 e. The number of aromatic nitrogens is 2. The van der Waals surface area contributed by atoms with Crippen LogP contribution in [0.25, 0.3) is 22.1 Å². The van der Waals surface area contributed by atoms with Crippen molar-refractivity contribution >= 4 is 34.1 Å². The minimum Gasteiger partial charge on any atom is -0.423 e. The summed E-state index contributed by atoms with van der Waals surface area (Å²) in [6, 6.07) is 11.0. The Labute approximate surface area is 163 Å². The maximum Gasteiger partial charge on any atom is 0.336 e. The highest BCUT2D eigenvalue weighted by atomic mass is 32.2. The Morgan fingerprint density at radius 2 is 2.15 bits per heavy atom. The predicted octanol–water partition coefficient (Wildman–Crippen LogP) is 4.91. The van der Waals surface area contributed by atoms with Crippen molar-refractivity contribution in [3.05, 3.63) is 70.3 Å². The molecule has 4 aromatic rings. The quantitative estimate of drug-likeness (QED) is 0.483. The summed E-state index contributed by atoms with van der Waals surface area (Å²) >= 11 is 2.95. The van der Waals surface area contributed by atoms with Crippen LogP contribution in [0.3, 0.4) is 0 Å². The average Bonchev–Trinajstić information content (AvgIpc) is 3.15. The molecule has 0 saturated carbocycles. The minimum absolute atomic E-state index is 0.397. The molecule has 136 valence electrons. The van der Waals surface area contributed by atoms with Gasteiger partial charge in [0, 0.05) is 46.1 Å². The zero-order chi connectivity index (χ0) is 18.8. The first-order valence-corrected chi connectivity index (χ1v) is 10.1. The van der Waals surface area contributed by atoms with Crippen LogP contribution in [0, 0.1) is 0 Å². The van der Waals surface area contributed by atoms with E-state index in [1.165, 1.54) is 29.2 Å². The fourth-order valence-corrected chi connectivity index (χ4v) is 4.81. The van der Waals surface area contributed by atoms with Gasteiger partial charge in [-0.1, -0.05) is 24.8 Å². The normalized spacial score (nSPS) is 12.4. The number of fused-ring (bicyclic) bond motifs is 1. The van der Waals surface area contributed by atoms with E-state index >= 15 is 0 Å². The zero-order valence-corrected chi connectivity index (χ0v) is 16.1. The van der Waals surface area contributed by atoms with E-state index in [2.05, 4.69) is 9.97 Å². The third kappa shape index (κ3) is 3.80. The molecule has 27 heavy (non-hydrogen) atoms. The molecule has 0 aliphatic heterocycles. The lowest BCUT2D eigenvalue weighted by molar-refractivity contribution is 0.177. The summed E-state index contributed by atoms with van der Waals surface area (Å²) in [6.45, 7) is 1.93. The molecule has 0 aliphatic carbocycles. The lowest BCUT2D eigenvalue weighted by Gasteiger charge is -2.06. The van der Waals surface area contributed by atoms with Gasteiger partial charge < -0.3 is 9.52 Å². The average molecular weight is 396 g/mol. The van der Waals surface area contributed by atoms with E-state index in [1.54, 1.807) is 18.6 Å². The Bertz CT molecular complexity index is 1140. The third-order valence-corrected chi connectivity index (χ3v) is 6.27. The highest BCUT2D eigenvalue weighted by molar-refractivity contribution is 8.01. The van der Waals surface area contributed by atoms with Crippen LogP contribution in [-0.2, 0) is 0 Å². The van der Waals surface area contributed by atoms with E-state index < -0.39 is 11.7 Å². The van der Waals surface area contributed by atoms with E-state index in [0.717, 1.165) is 30.6 Å². The molecule has 0 aliphatic rings. The lowest BCUT2D eigenvalue weighted by Crippen LogP contribution is -1.98. The number of nitrogens with zero attached hydrogens (tertiary/aromatic N) is 2. The topological polar surface area (TPSA) is 76.2 Å². The van der Waals surface area contributed by atoms with Crippen LogP contribution in [0.2, 0.25) is 0 Å². The summed E-state index contributed by atoms with van der Waals surface area (Å²) in [5.41, 5.74) is 1.80. The molecule has 1 atom stereocenters. The molecule has 3 aromatic heterocycles. The van der Waals surface area contributed by atoms with Crippen LogP contribution in [0.5, 0.6) is 0 Å². The van der Waals surface area contributed by atoms with Gasteiger partial charge in [-0.2, -0.15) is 0 Å². The first kappa shape index (κ1) is 17.9. The van der Waals surface area contributed by atoms with Gasteiger partial charge in [-0.3, -0.25) is 4.98 Å². The van der Waals surface area contributed by atoms with Crippen molar-refractivity contribution in [1.29, 1.82) is 0 Å². The standard InChI is InChI=1S/C20H16N2O3S2/c1-2-16(23)18-11-22-20(27-18)26-13-5-6-14-15(12-4-3-7-21-10-12)9-19(24)25-17(14)8-13/h3-11,16,23H,2H2,1H3. The second kappa shape index (κ2) is 7.64. The van der Waals surface area contributed by atoms with Crippen molar-refractivity contribution in [2.75, 3.05) is 0 Å². The number of hydrogen-bond donors (Lipinski definition) is 1. The highest BCUT2D eigenvalue weighted by Crippen LogP contribution is 2.36. The second-order valence-electron chi connectivity index (χ2n) is 5.93. The van der Waals surface area contributed by atoms with Gasteiger partial charge in [0.05, 0.1) is 11.0 Å². The van der Waals surface area contributed by atoms with E-state index in [0.29, 0.717) is 12.0 Å². The first-order valence-electron chi connectivity index (χ1n) is 8.44. The Balaban J connectivity index is 1.71. The molecule has 0 bridgehead atoms. The monoisotopic (exact) mass is 396 g/mol. The largest absolute Gasteiger partial charge is 0.423 e. The summed E-state index contributed by atoms with van der Waals surface area (Å²) in [4.78, 5) is 22.3. The van der Waals surface area contributed by atoms with Crippen LogP contribution < -0.4 is 5.63 Å². The summed E-state index contributed by atoms with van der Waals surface area (Å²) in [5.74, 6) is 0. The molecule has 0 saturated heterocycles. The van der Waals surface area contributed by atoms with Gasteiger partial charge in [0.1, 0.15) is 5.58 Å². The lowest BCUT2D eigenvalue weighted by atomic mass is 10.0. The van der Waals surface area contributed by atoms with Crippen LogP contribution >= 0.6 is 23.1 Å². The van der Waals surface area contributed by atoms with Crippen molar-refractivity contribution in [2.45, 2.75) is 28.7 Å². The van der Waals surface area contributed by atoms with Crippen molar-refractivity contribution < 1.29 is 9.52 Å². The fraction of sp³-hybridized carbons (Fsp3) is 0.150. The van der Waals surface area contributed by atoms with Gasteiger partial charge in [-0.25, -0.2) is 9.78 Å². The number of aliphatic hydroxyl groups is 1. The van der Waals surface area contributed by atoms with Crippen molar-refractivity contribution in [2.24, 2.45) is 0 Å². The van der Waals surface area contributed by atoms with Crippen LogP contribution in [0.4, 0.5) is 0 Å². The van der Waals surface area contributed by atoms with Crippen molar-refractivity contribution in [1.82, 2.24) is 9.97 Å². The molecule has 1 unspecified atom stereocenters. The highest BCUT2D eigenvalue weighted by Gasteiger charge is 2.13. The summed E-state index contributed by atoms with van der Waals surface area (Å²) < 4.78 is 6.25. The number of pyridine rings is 1. The maximum absolute atomic E-state index is 12.0. The number of thiazole rings is 1. The maximum atomic E-state index is 12.0. The molecular weight excluding hydrogens is 380 g/mol. The van der Waals surface area contributed by atoms with Crippen LogP contribution in [-0.4, -0.2) is 15.1 Å². The summed E-state index contributed by atoms with van der Waals surface area (Å²) in [5, 5.41) is 10.8. The van der Waals surface area contributed by atoms with Gasteiger partial charge in [0.25, 0.3) is 0 Å². The number of hydrogen-bond acceptors (Lipinski definition) is 7. The van der Waals surface area contributed by atoms with Crippen LogP contribution in [0.1, 0.15) is 24.3 Å². The molecule has 0 amide bonds. The molecule has 1 N–H and O–H groups in total. The van der Waals surface area contributed by atoms with Gasteiger partial charge in [-0.15, -0.1) is 11.3 Å². The third-order valence-electron chi connectivity index (χ3n) is 4.11. The number of rotatable bonds is 5. The Kier molecular flexibility index (Phi) is 5.07. The van der Waals surface area contributed by atoms with E-state index in [-0.39, 0.29) is 0 Å². The summed E-state index contributed by atoms with van der Waals surface area (Å²) in [6.07, 6.45) is 5.32. The van der Waals surface area contributed by atoms with Gasteiger partial charge in [-0.05, 0) is 30.7 Å². The predicted molar refractivity (Wildman–Crippen MR) is 107 cm³/mol. The van der Waals surface area contributed by atoms with E-state index in [1.807, 2.05) is 37.3 Å². The minimum atomic E-state index is -0.478. The molecule has 4 rings (SSSR count). The van der Waals surface area contributed by atoms with Crippen molar-refractivity contribution in [3.8, 4) is 11.1 Å². The molecule has 0 fully saturated rings. The van der Waals surface area contributed by atoms with Crippen LogP contribution in [0.15, 0.2) is 73.4 Å². The Morgan fingerprint density at radius 1 is 1.26 bits per heavy atom. The SMILES string of the molecule is CCC(O)c1cnc(Sc2ccc3c(-c4cccnc4)cc(=O)oc3c2)s1. The second-order valence-corrected chi connectivity index (χ2v) is 8.32. The van der Waals surface area contributed by atoms with Crippen molar-refractivity contribution in [3.63, 3.8) is 0 Å². The molecule has 3 heterocycles. The first-order chi connectivity index (χ1) is 13.1. The number of benzene rings is 1. The molecular formula is C20H16N2O3S2. The van der Waals surface area contributed by atoms with E-state index in [9.17, 15) is 9.90 Å². The summed E-state index contributed by atoms with van der Waals surface area (Å²) in [7, 11) is 0. The molecule has 1 aromatic carbocycles. The number of aliphatic hydroxyl groups excluding tert-OH is 1. The Hall–Kier alpha value is -2.48. The van der Waals surface area contributed by atoms with E-state index in [4.69, 9.17) is 4.42 Å². The molecule has 0 spiro atoms. The van der Waals surface area contributed by atoms with Gasteiger partial charge in [0.15, 0.2) is 4.34 Å². The fourth-order valence-electron chi connectivity index (χ4n) is 2.74. The molecule has 7 heteroatoms. The molecule has 5 nitrogen and oxygen atoms in total. The Morgan fingerprint density at radius 3 is 2.93 bits per heavy atom. The van der Waals surface area contributed by atoms with Gasteiger partial charge >= 0.3 is 5.63 Å².